The van der Waals surface area contributed by atoms with E-state index in [1.165, 1.54) is 5.56 Å². The topological polar surface area (TPSA) is 67.7 Å². The van der Waals surface area contributed by atoms with Gasteiger partial charge >= 0.3 is 0 Å². The molecule has 0 aliphatic carbocycles. The minimum atomic E-state index is 0.547. The molecule has 22 heavy (non-hydrogen) atoms. The molecule has 2 N–H and O–H groups in total. The number of hydrogen-bond acceptors (Lipinski definition) is 5. The van der Waals surface area contributed by atoms with Crippen LogP contribution in [0.25, 0.3) is 11.0 Å². The van der Waals surface area contributed by atoms with Gasteiger partial charge in [-0.15, -0.1) is 6.58 Å². The van der Waals surface area contributed by atoms with Gasteiger partial charge in [0, 0.05) is 19.3 Å². The Morgan fingerprint density at radius 2 is 2.18 bits per heavy atom. The van der Waals surface area contributed by atoms with Crippen molar-refractivity contribution in [3.8, 4) is 0 Å². The van der Waals surface area contributed by atoms with Crippen LogP contribution in [-0.2, 0) is 7.05 Å². The summed E-state index contributed by atoms with van der Waals surface area (Å²) in [6.07, 6.45) is 3.54. The molecule has 6 heteroatoms. The Hall–Kier alpha value is -2.89. The lowest BCUT2D eigenvalue weighted by Gasteiger charge is -2.10. The fraction of sp³-hybridized carbons (Fsp3) is 0.188. The van der Waals surface area contributed by atoms with Gasteiger partial charge in [-0.2, -0.15) is 15.1 Å². The summed E-state index contributed by atoms with van der Waals surface area (Å²) in [7, 11) is 1.86. The first-order chi connectivity index (χ1) is 10.7. The normalized spacial score (nSPS) is 10.6. The molecule has 0 amide bonds. The molecule has 1 aromatic carbocycles. The van der Waals surface area contributed by atoms with Crippen LogP contribution in [0.4, 0.5) is 17.5 Å². The number of benzene rings is 1. The van der Waals surface area contributed by atoms with Gasteiger partial charge in [0.2, 0.25) is 5.95 Å². The van der Waals surface area contributed by atoms with Gasteiger partial charge in [-0.3, -0.25) is 4.68 Å². The standard InChI is InChI=1S/C16H18N6/c1-4-8-17-16-20-14(13-10-18-22(3)15(13)21-16)19-12-7-5-6-11(2)9-12/h4-7,9-10H,1,8H2,2-3H3,(H2,17,19,20,21). The predicted molar refractivity (Wildman–Crippen MR) is 89.5 cm³/mol. The van der Waals surface area contributed by atoms with Gasteiger partial charge in [0.1, 0.15) is 5.82 Å². The summed E-state index contributed by atoms with van der Waals surface area (Å²) < 4.78 is 1.73. The van der Waals surface area contributed by atoms with Crippen molar-refractivity contribution in [2.75, 3.05) is 17.2 Å². The van der Waals surface area contributed by atoms with Crippen molar-refractivity contribution in [1.29, 1.82) is 0 Å². The highest BCUT2D eigenvalue weighted by molar-refractivity contribution is 5.89. The van der Waals surface area contributed by atoms with Crippen LogP contribution in [-0.4, -0.2) is 26.3 Å². The van der Waals surface area contributed by atoms with Crippen molar-refractivity contribution in [3.63, 3.8) is 0 Å². The van der Waals surface area contributed by atoms with Crippen LogP contribution in [0.15, 0.2) is 43.1 Å². The molecule has 112 valence electrons. The van der Waals surface area contributed by atoms with E-state index in [9.17, 15) is 0 Å². The van der Waals surface area contributed by atoms with Gasteiger partial charge in [0.05, 0.1) is 11.6 Å². The third kappa shape index (κ3) is 2.76. The molecule has 0 aliphatic heterocycles. The van der Waals surface area contributed by atoms with Crippen LogP contribution < -0.4 is 10.6 Å². The highest BCUT2D eigenvalue weighted by Crippen LogP contribution is 2.25. The molecule has 3 rings (SSSR count). The lowest BCUT2D eigenvalue weighted by atomic mass is 10.2. The van der Waals surface area contributed by atoms with Crippen molar-refractivity contribution in [3.05, 3.63) is 48.7 Å². The number of nitrogens with zero attached hydrogens (tertiary/aromatic N) is 4. The SMILES string of the molecule is C=CCNc1nc(Nc2cccc(C)c2)c2cnn(C)c2n1. The number of anilines is 3. The molecular weight excluding hydrogens is 276 g/mol. The van der Waals surface area contributed by atoms with E-state index in [2.05, 4.69) is 51.3 Å². The van der Waals surface area contributed by atoms with E-state index in [1.54, 1.807) is 17.0 Å². The first-order valence-electron chi connectivity index (χ1n) is 7.05. The van der Waals surface area contributed by atoms with E-state index < -0.39 is 0 Å². The molecule has 0 atom stereocenters. The summed E-state index contributed by atoms with van der Waals surface area (Å²) in [4.78, 5) is 9.02. The Labute approximate surface area is 128 Å². The molecule has 0 aliphatic rings. The maximum atomic E-state index is 4.54. The minimum Gasteiger partial charge on any atom is -0.351 e. The lowest BCUT2D eigenvalue weighted by molar-refractivity contribution is 0.785. The Morgan fingerprint density at radius 1 is 1.32 bits per heavy atom. The third-order valence-electron chi connectivity index (χ3n) is 3.28. The Bertz CT molecular complexity index is 821. The van der Waals surface area contributed by atoms with E-state index in [0.29, 0.717) is 12.5 Å². The molecule has 0 unspecified atom stereocenters. The molecule has 2 heterocycles. The predicted octanol–water partition coefficient (Wildman–Crippen LogP) is 3.01. The van der Waals surface area contributed by atoms with Crippen molar-refractivity contribution in [2.24, 2.45) is 7.05 Å². The summed E-state index contributed by atoms with van der Waals surface area (Å²) >= 11 is 0. The quantitative estimate of drug-likeness (QED) is 0.708. The van der Waals surface area contributed by atoms with Crippen LogP contribution in [0.2, 0.25) is 0 Å². The van der Waals surface area contributed by atoms with Crippen LogP contribution >= 0.6 is 0 Å². The Balaban J connectivity index is 2.04. The fourth-order valence-electron chi connectivity index (χ4n) is 2.22. The summed E-state index contributed by atoms with van der Waals surface area (Å²) in [6.45, 7) is 6.36. The molecule has 0 fully saturated rings. The number of fused-ring (bicyclic) bond motifs is 1. The molecule has 0 spiro atoms. The van der Waals surface area contributed by atoms with Gasteiger partial charge in [-0.05, 0) is 24.6 Å². The third-order valence-corrected chi connectivity index (χ3v) is 3.28. The van der Waals surface area contributed by atoms with Crippen molar-refractivity contribution >= 4 is 28.5 Å². The monoisotopic (exact) mass is 294 g/mol. The second kappa shape index (κ2) is 5.85. The van der Waals surface area contributed by atoms with Crippen LogP contribution in [0.5, 0.6) is 0 Å². The molecule has 0 saturated carbocycles. The molecular formula is C16H18N6. The zero-order valence-electron chi connectivity index (χ0n) is 12.7. The maximum absolute atomic E-state index is 4.54. The minimum absolute atomic E-state index is 0.547. The lowest BCUT2D eigenvalue weighted by Crippen LogP contribution is -2.06. The first kappa shape index (κ1) is 14.1. The van der Waals surface area contributed by atoms with Gasteiger partial charge < -0.3 is 10.6 Å². The smallest absolute Gasteiger partial charge is 0.226 e. The molecule has 3 aromatic rings. The maximum Gasteiger partial charge on any atom is 0.226 e. The van der Waals surface area contributed by atoms with Crippen LogP contribution in [0.1, 0.15) is 5.56 Å². The average molecular weight is 294 g/mol. The number of hydrogen-bond donors (Lipinski definition) is 2. The van der Waals surface area contributed by atoms with E-state index in [4.69, 9.17) is 0 Å². The fourth-order valence-corrected chi connectivity index (χ4v) is 2.22. The summed E-state index contributed by atoms with van der Waals surface area (Å²) in [5, 5.41) is 11.6. The highest BCUT2D eigenvalue weighted by atomic mass is 15.3. The van der Waals surface area contributed by atoms with E-state index in [-0.39, 0.29) is 0 Å². The van der Waals surface area contributed by atoms with Crippen molar-refractivity contribution in [2.45, 2.75) is 6.92 Å². The van der Waals surface area contributed by atoms with Crippen molar-refractivity contribution < 1.29 is 0 Å². The Kier molecular flexibility index (Phi) is 3.74. The number of nitrogens with one attached hydrogen (secondary N) is 2. The largest absolute Gasteiger partial charge is 0.351 e. The van der Waals surface area contributed by atoms with E-state index >= 15 is 0 Å². The highest BCUT2D eigenvalue weighted by Gasteiger charge is 2.11. The zero-order valence-corrected chi connectivity index (χ0v) is 12.7. The second-order valence-corrected chi connectivity index (χ2v) is 5.07. The average Bonchev–Trinajstić information content (AvgIpc) is 2.87. The zero-order chi connectivity index (χ0) is 15.5. The van der Waals surface area contributed by atoms with Gasteiger partial charge in [-0.1, -0.05) is 18.2 Å². The molecule has 0 bridgehead atoms. The number of aryl methyl sites for hydroxylation is 2. The molecule has 0 saturated heterocycles. The van der Waals surface area contributed by atoms with Gasteiger partial charge in [0.15, 0.2) is 5.65 Å². The molecule has 6 nitrogen and oxygen atoms in total. The first-order valence-corrected chi connectivity index (χ1v) is 7.05. The molecule has 0 radical (unpaired) electrons. The van der Waals surface area contributed by atoms with Crippen LogP contribution in [0, 0.1) is 6.92 Å². The second-order valence-electron chi connectivity index (χ2n) is 5.07. The number of rotatable bonds is 5. The van der Waals surface area contributed by atoms with Crippen LogP contribution in [0.3, 0.4) is 0 Å². The summed E-state index contributed by atoms with van der Waals surface area (Å²) in [5.41, 5.74) is 2.95. The van der Waals surface area contributed by atoms with Crippen molar-refractivity contribution in [1.82, 2.24) is 19.7 Å². The Morgan fingerprint density at radius 3 is 2.95 bits per heavy atom. The van der Waals surface area contributed by atoms with E-state index in [1.807, 2.05) is 19.2 Å². The molecule has 2 aromatic heterocycles. The van der Waals surface area contributed by atoms with Gasteiger partial charge in [-0.25, -0.2) is 0 Å². The summed E-state index contributed by atoms with van der Waals surface area (Å²) in [5.74, 6) is 1.28. The van der Waals surface area contributed by atoms with Gasteiger partial charge in [0.25, 0.3) is 0 Å². The number of aromatic nitrogens is 4. The van der Waals surface area contributed by atoms with E-state index in [0.717, 1.165) is 22.5 Å². The summed E-state index contributed by atoms with van der Waals surface area (Å²) in [6, 6.07) is 8.15.